The zero-order valence-corrected chi connectivity index (χ0v) is 12.8. The molecule has 0 radical (unpaired) electrons. The number of rotatable bonds is 3. The molecule has 0 aliphatic carbocycles. The van der Waals surface area contributed by atoms with E-state index in [1.807, 2.05) is 0 Å². The summed E-state index contributed by atoms with van der Waals surface area (Å²) in [5, 5.41) is 20.7. The summed E-state index contributed by atoms with van der Waals surface area (Å²) in [7, 11) is -1.93. The van der Waals surface area contributed by atoms with Crippen molar-refractivity contribution in [1.82, 2.24) is 0 Å². The Bertz CT molecular complexity index is 699. The molecule has 8 heteroatoms. The minimum atomic E-state index is -1.93. The topological polar surface area (TPSA) is 69.6 Å². The number of anilines is 1. The van der Waals surface area contributed by atoms with Crippen molar-refractivity contribution in [2.75, 3.05) is 5.32 Å². The lowest BCUT2D eigenvalue weighted by molar-refractivity contribution is 0.102. The Morgan fingerprint density at radius 1 is 1.24 bits per heavy atom. The van der Waals surface area contributed by atoms with E-state index in [1.54, 1.807) is 18.2 Å². The van der Waals surface area contributed by atoms with Crippen molar-refractivity contribution < 1.29 is 19.2 Å². The standard InChI is InChI=1S/C13H9BBrClFNO3/c15-8-2-4-12(10(16)6-8)18-13(19)7-1-3-9(14(20)21)11(17)5-7/h1-6,20-21H,(H,18,19). The van der Waals surface area contributed by atoms with Gasteiger partial charge in [0.15, 0.2) is 0 Å². The third-order valence-electron chi connectivity index (χ3n) is 2.72. The van der Waals surface area contributed by atoms with Gasteiger partial charge in [-0.1, -0.05) is 33.6 Å². The van der Waals surface area contributed by atoms with Crippen LogP contribution in [-0.4, -0.2) is 23.1 Å². The number of hydrogen-bond donors (Lipinski definition) is 3. The van der Waals surface area contributed by atoms with E-state index in [-0.39, 0.29) is 11.0 Å². The SMILES string of the molecule is O=C(Nc1ccc(Br)cc1Cl)c1ccc(B(O)O)c(F)c1. The average Bonchev–Trinajstić information content (AvgIpc) is 2.41. The largest absolute Gasteiger partial charge is 0.491 e. The van der Waals surface area contributed by atoms with E-state index in [0.717, 1.165) is 16.6 Å². The zero-order chi connectivity index (χ0) is 15.6. The Morgan fingerprint density at radius 3 is 2.52 bits per heavy atom. The van der Waals surface area contributed by atoms with E-state index in [1.165, 1.54) is 6.07 Å². The van der Waals surface area contributed by atoms with Gasteiger partial charge >= 0.3 is 7.12 Å². The van der Waals surface area contributed by atoms with Gasteiger partial charge < -0.3 is 15.4 Å². The normalized spacial score (nSPS) is 10.3. The van der Waals surface area contributed by atoms with Gasteiger partial charge in [-0.05, 0) is 30.3 Å². The van der Waals surface area contributed by atoms with Gasteiger partial charge in [0.05, 0.1) is 10.7 Å². The predicted octanol–water partition coefficient (Wildman–Crippen LogP) is 2.17. The van der Waals surface area contributed by atoms with Gasteiger partial charge in [-0.15, -0.1) is 0 Å². The third-order valence-corrected chi connectivity index (χ3v) is 3.53. The zero-order valence-electron chi connectivity index (χ0n) is 10.5. The number of carbonyl (C=O) groups excluding carboxylic acids is 1. The number of hydrogen-bond acceptors (Lipinski definition) is 3. The Morgan fingerprint density at radius 2 is 1.95 bits per heavy atom. The first-order valence-electron chi connectivity index (χ1n) is 5.80. The van der Waals surface area contributed by atoms with E-state index in [0.29, 0.717) is 10.7 Å². The fourth-order valence-corrected chi connectivity index (χ4v) is 2.38. The molecule has 2 aromatic carbocycles. The Hall–Kier alpha value is -1.41. The van der Waals surface area contributed by atoms with Crippen LogP contribution in [0.2, 0.25) is 5.02 Å². The molecule has 3 N–H and O–H groups in total. The van der Waals surface area contributed by atoms with Gasteiger partial charge in [0.1, 0.15) is 5.82 Å². The van der Waals surface area contributed by atoms with Crippen LogP contribution >= 0.6 is 27.5 Å². The van der Waals surface area contributed by atoms with Crippen molar-refractivity contribution in [1.29, 1.82) is 0 Å². The first-order chi connectivity index (χ1) is 9.88. The summed E-state index contributed by atoms with van der Waals surface area (Å²) >= 11 is 9.22. The fourth-order valence-electron chi connectivity index (χ4n) is 1.66. The summed E-state index contributed by atoms with van der Waals surface area (Å²) < 4.78 is 14.4. The minimum absolute atomic E-state index is 0.0379. The number of nitrogens with one attached hydrogen (secondary N) is 1. The highest BCUT2D eigenvalue weighted by molar-refractivity contribution is 9.10. The molecule has 4 nitrogen and oxygen atoms in total. The number of carbonyl (C=O) groups is 1. The molecule has 0 aliphatic heterocycles. The van der Waals surface area contributed by atoms with Crippen LogP contribution in [0.15, 0.2) is 40.9 Å². The fraction of sp³-hybridized carbons (Fsp3) is 0. The highest BCUT2D eigenvalue weighted by Crippen LogP contribution is 2.26. The summed E-state index contributed by atoms with van der Waals surface area (Å²) in [6.45, 7) is 0. The lowest BCUT2D eigenvalue weighted by atomic mass is 9.79. The molecule has 0 heterocycles. The molecule has 0 aromatic heterocycles. The van der Waals surface area contributed by atoms with E-state index in [2.05, 4.69) is 21.2 Å². The van der Waals surface area contributed by atoms with Crippen LogP contribution in [0.1, 0.15) is 10.4 Å². The molecule has 1 amide bonds. The van der Waals surface area contributed by atoms with Crippen molar-refractivity contribution >= 4 is 51.7 Å². The smallest absolute Gasteiger partial charge is 0.423 e. The molecular weight excluding hydrogens is 363 g/mol. The van der Waals surface area contributed by atoms with Crippen molar-refractivity contribution in [2.45, 2.75) is 0 Å². The van der Waals surface area contributed by atoms with Gasteiger partial charge in [-0.25, -0.2) is 4.39 Å². The maximum Gasteiger partial charge on any atom is 0.491 e. The van der Waals surface area contributed by atoms with Crippen molar-refractivity contribution in [3.8, 4) is 0 Å². The van der Waals surface area contributed by atoms with Gasteiger partial charge in [-0.2, -0.15) is 0 Å². The van der Waals surface area contributed by atoms with Crippen molar-refractivity contribution in [2.24, 2.45) is 0 Å². The van der Waals surface area contributed by atoms with E-state index in [9.17, 15) is 9.18 Å². The molecule has 21 heavy (non-hydrogen) atoms. The Balaban J connectivity index is 2.22. The summed E-state index contributed by atoms with van der Waals surface area (Å²) in [6, 6.07) is 8.28. The summed E-state index contributed by atoms with van der Waals surface area (Å²) in [6.07, 6.45) is 0. The van der Waals surface area contributed by atoms with Crippen LogP contribution in [0.3, 0.4) is 0 Å². The third kappa shape index (κ3) is 3.82. The predicted molar refractivity (Wildman–Crippen MR) is 83.3 cm³/mol. The number of benzene rings is 2. The van der Waals surface area contributed by atoms with E-state index >= 15 is 0 Å². The van der Waals surface area contributed by atoms with Gasteiger partial charge in [0.25, 0.3) is 5.91 Å². The van der Waals surface area contributed by atoms with Crippen LogP contribution < -0.4 is 10.8 Å². The van der Waals surface area contributed by atoms with Gasteiger partial charge in [0, 0.05) is 15.5 Å². The molecule has 0 atom stereocenters. The first-order valence-corrected chi connectivity index (χ1v) is 6.97. The van der Waals surface area contributed by atoms with Crippen LogP contribution in [0.4, 0.5) is 10.1 Å². The van der Waals surface area contributed by atoms with Crippen LogP contribution in [0.5, 0.6) is 0 Å². The quantitative estimate of drug-likeness (QED) is 0.724. The highest BCUT2D eigenvalue weighted by atomic mass is 79.9. The second-order valence-corrected chi connectivity index (χ2v) is 5.51. The van der Waals surface area contributed by atoms with Crippen molar-refractivity contribution in [3.63, 3.8) is 0 Å². The summed E-state index contributed by atoms with van der Waals surface area (Å²) in [5.41, 5.74) is 0.126. The second kappa shape index (κ2) is 6.57. The molecule has 0 bridgehead atoms. The summed E-state index contributed by atoms with van der Waals surface area (Å²) in [4.78, 5) is 12.0. The van der Waals surface area contributed by atoms with Crippen LogP contribution in [0, 0.1) is 5.82 Å². The molecule has 0 aliphatic rings. The van der Waals surface area contributed by atoms with E-state index in [4.69, 9.17) is 21.6 Å². The first kappa shape index (κ1) is 16.0. The molecular formula is C13H9BBrClFNO3. The number of halogens is 3. The lowest BCUT2D eigenvalue weighted by Crippen LogP contribution is -2.33. The van der Waals surface area contributed by atoms with Gasteiger partial charge in [0.2, 0.25) is 0 Å². The molecule has 0 spiro atoms. The molecule has 0 fully saturated rings. The molecule has 108 valence electrons. The average molecular weight is 372 g/mol. The van der Waals surface area contributed by atoms with Crippen molar-refractivity contribution in [3.05, 3.63) is 57.3 Å². The monoisotopic (exact) mass is 371 g/mol. The van der Waals surface area contributed by atoms with E-state index < -0.39 is 18.8 Å². The van der Waals surface area contributed by atoms with Gasteiger partial charge in [-0.3, -0.25) is 4.79 Å². The minimum Gasteiger partial charge on any atom is -0.423 e. The number of amides is 1. The molecule has 0 unspecified atom stereocenters. The molecule has 0 saturated heterocycles. The molecule has 0 saturated carbocycles. The lowest BCUT2D eigenvalue weighted by Gasteiger charge is -2.09. The second-order valence-electron chi connectivity index (χ2n) is 4.19. The Kier molecular flexibility index (Phi) is 5.00. The highest BCUT2D eigenvalue weighted by Gasteiger charge is 2.18. The summed E-state index contributed by atoms with van der Waals surface area (Å²) in [5.74, 6) is -1.43. The van der Waals surface area contributed by atoms with Crippen LogP contribution in [-0.2, 0) is 0 Å². The maximum absolute atomic E-state index is 13.6. The maximum atomic E-state index is 13.6. The molecule has 2 rings (SSSR count). The van der Waals surface area contributed by atoms with Crippen LogP contribution in [0.25, 0.3) is 0 Å². The Labute approximate surface area is 133 Å². The molecule has 2 aromatic rings.